The summed E-state index contributed by atoms with van der Waals surface area (Å²) in [5.74, 6) is 0. The number of allylic oxidation sites excluding steroid dienone is 2. The number of benzene rings is 1. The summed E-state index contributed by atoms with van der Waals surface area (Å²) < 4.78 is 0. The zero-order chi connectivity index (χ0) is 16.3. The first kappa shape index (κ1) is 19.3. The molecule has 22 heavy (non-hydrogen) atoms. The lowest BCUT2D eigenvalue weighted by Crippen LogP contribution is -2.16. The molecule has 0 unspecified atom stereocenters. The second-order valence-electron chi connectivity index (χ2n) is 6.99. The highest BCUT2D eigenvalue weighted by atomic mass is 32.2. The summed E-state index contributed by atoms with van der Waals surface area (Å²) in [6.45, 7) is 9.58. The Morgan fingerprint density at radius 1 is 1.05 bits per heavy atom. The molecule has 0 N–H and O–H groups in total. The maximum absolute atomic E-state index is 2.61. The van der Waals surface area contributed by atoms with E-state index in [1.165, 1.54) is 37.0 Å². The predicted octanol–water partition coefficient (Wildman–Crippen LogP) is 7.46. The van der Waals surface area contributed by atoms with E-state index in [0.29, 0.717) is 0 Å². The Hall–Kier alpha value is -0.733. The third-order valence-corrected chi connectivity index (χ3v) is 5.56. The minimum Gasteiger partial charge on any atom is -0.0984 e. The van der Waals surface area contributed by atoms with Gasteiger partial charge in [-0.05, 0) is 36.8 Å². The lowest BCUT2D eigenvalue weighted by atomic mass is 10.1. The number of thioether (sulfide) groups is 1. The first-order valence-electron chi connectivity index (χ1n) is 8.58. The minimum absolute atomic E-state index is 1.12. The van der Waals surface area contributed by atoms with Gasteiger partial charge in [-0.15, -0.1) is 0 Å². The summed E-state index contributed by atoms with van der Waals surface area (Å²) in [5.41, 5.74) is 4.26. The first-order chi connectivity index (χ1) is 10.5. The van der Waals surface area contributed by atoms with Gasteiger partial charge >= 0.3 is 0 Å². The first-order valence-corrected chi connectivity index (χ1v) is 13.0. The summed E-state index contributed by atoms with van der Waals surface area (Å²) >= 11 is 1.82. The van der Waals surface area contributed by atoms with Gasteiger partial charge in [-0.3, -0.25) is 0 Å². The van der Waals surface area contributed by atoms with Gasteiger partial charge in [-0.2, -0.15) is 0 Å². The molecule has 0 radical (unpaired) electrons. The Morgan fingerprint density at radius 2 is 1.77 bits per heavy atom. The predicted molar refractivity (Wildman–Crippen MR) is 106 cm³/mol. The maximum atomic E-state index is 2.61. The molecule has 0 bridgehead atoms. The van der Waals surface area contributed by atoms with Crippen LogP contribution in [0.2, 0.25) is 19.6 Å². The Labute approximate surface area is 143 Å². The van der Waals surface area contributed by atoms with Crippen LogP contribution < -0.4 is 0 Å². The van der Waals surface area contributed by atoms with Gasteiger partial charge in [0.05, 0.1) is 8.07 Å². The van der Waals surface area contributed by atoms with Crippen molar-refractivity contribution in [3.8, 4) is 0 Å². The van der Waals surface area contributed by atoms with E-state index in [2.05, 4.69) is 74.1 Å². The van der Waals surface area contributed by atoms with Gasteiger partial charge in [-0.25, -0.2) is 0 Å². The SMILES string of the molecule is CCCCCC/C(=C\[Si](C)(C)C)C/C=C/Sc1ccccc1. The summed E-state index contributed by atoms with van der Waals surface area (Å²) in [7, 11) is -1.12. The van der Waals surface area contributed by atoms with Crippen LogP contribution in [0.25, 0.3) is 0 Å². The summed E-state index contributed by atoms with van der Waals surface area (Å²) in [4.78, 5) is 1.32. The van der Waals surface area contributed by atoms with E-state index < -0.39 is 8.07 Å². The van der Waals surface area contributed by atoms with Gasteiger partial charge in [0.25, 0.3) is 0 Å². The van der Waals surface area contributed by atoms with Crippen molar-refractivity contribution in [3.05, 3.63) is 53.1 Å². The van der Waals surface area contributed by atoms with Crippen LogP contribution in [-0.4, -0.2) is 8.07 Å². The van der Waals surface area contributed by atoms with Crippen molar-refractivity contribution in [3.63, 3.8) is 0 Å². The highest BCUT2D eigenvalue weighted by molar-refractivity contribution is 8.02. The Balaban J connectivity index is 2.48. The Kier molecular flexibility index (Phi) is 9.57. The average molecular weight is 333 g/mol. The lowest BCUT2D eigenvalue weighted by Gasteiger charge is -2.14. The van der Waals surface area contributed by atoms with Crippen molar-refractivity contribution in [2.24, 2.45) is 0 Å². The van der Waals surface area contributed by atoms with Crippen LogP contribution >= 0.6 is 11.8 Å². The zero-order valence-electron chi connectivity index (χ0n) is 14.8. The Bertz CT molecular complexity index is 454. The molecule has 2 heteroatoms. The van der Waals surface area contributed by atoms with Gasteiger partial charge in [-0.1, -0.05) is 93.1 Å². The number of unbranched alkanes of at least 4 members (excludes halogenated alkanes) is 3. The molecule has 0 nitrogen and oxygen atoms in total. The highest BCUT2D eigenvalue weighted by Crippen LogP contribution is 2.21. The van der Waals surface area contributed by atoms with E-state index in [1.807, 2.05) is 11.8 Å². The minimum atomic E-state index is -1.12. The largest absolute Gasteiger partial charge is 0.0984 e. The van der Waals surface area contributed by atoms with E-state index in [1.54, 1.807) is 5.57 Å². The molecule has 1 aromatic rings. The monoisotopic (exact) mass is 332 g/mol. The van der Waals surface area contributed by atoms with E-state index in [0.717, 1.165) is 6.42 Å². The molecule has 0 amide bonds. The second kappa shape index (κ2) is 10.9. The van der Waals surface area contributed by atoms with E-state index >= 15 is 0 Å². The van der Waals surface area contributed by atoms with Crippen LogP contribution in [0.4, 0.5) is 0 Å². The van der Waals surface area contributed by atoms with Gasteiger partial charge in [0.2, 0.25) is 0 Å². The molecule has 122 valence electrons. The van der Waals surface area contributed by atoms with Gasteiger partial charge in [0.15, 0.2) is 0 Å². The van der Waals surface area contributed by atoms with Crippen molar-refractivity contribution >= 4 is 19.8 Å². The number of hydrogen-bond donors (Lipinski definition) is 0. The smallest absolute Gasteiger partial charge is 0.0686 e. The normalized spacial score (nSPS) is 13.0. The molecule has 0 aliphatic rings. The van der Waals surface area contributed by atoms with Crippen molar-refractivity contribution in [2.45, 2.75) is 70.0 Å². The van der Waals surface area contributed by atoms with Crippen LogP contribution in [-0.2, 0) is 0 Å². The van der Waals surface area contributed by atoms with E-state index in [9.17, 15) is 0 Å². The van der Waals surface area contributed by atoms with Gasteiger partial charge in [0.1, 0.15) is 0 Å². The van der Waals surface area contributed by atoms with Crippen molar-refractivity contribution < 1.29 is 0 Å². The third-order valence-electron chi connectivity index (χ3n) is 3.41. The Morgan fingerprint density at radius 3 is 2.41 bits per heavy atom. The third kappa shape index (κ3) is 10.1. The molecular formula is C20H32SSi. The van der Waals surface area contributed by atoms with E-state index in [4.69, 9.17) is 0 Å². The molecule has 1 rings (SSSR count). The molecule has 0 heterocycles. The fraction of sp³-hybridized carbons (Fsp3) is 0.500. The van der Waals surface area contributed by atoms with Crippen molar-refractivity contribution in [1.82, 2.24) is 0 Å². The maximum Gasteiger partial charge on any atom is 0.0686 e. The summed E-state index contributed by atoms with van der Waals surface area (Å²) in [6, 6.07) is 10.6. The molecule has 0 spiro atoms. The molecule has 0 fully saturated rings. The topological polar surface area (TPSA) is 0 Å². The fourth-order valence-electron chi connectivity index (χ4n) is 2.45. The van der Waals surface area contributed by atoms with Crippen LogP contribution in [0.5, 0.6) is 0 Å². The molecule has 0 saturated carbocycles. The molecule has 0 aliphatic carbocycles. The number of hydrogen-bond acceptors (Lipinski definition) is 1. The number of rotatable bonds is 10. The molecule has 1 aromatic carbocycles. The van der Waals surface area contributed by atoms with Crippen LogP contribution in [0, 0.1) is 0 Å². The quantitative estimate of drug-likeness (QED) is 0.243. The van der Waals surface area contributed by atoms with Crippen molar-refractivity contribution in [2.75, 3.05) is 0 Å². The van der Waals surface area contributed by atoms with Crippen LogP contribution in [0.1, 0.15) is 45.4 Å². The van der Waals surface area contributed by atoms with Crippen LogP contribution in [0.15, 0.2) is 58.0 Å². The van der Waals surface area contributed by atoms with Crippen LogP contribution in [0.3, 0.4) is 0 Å². The highest BCUT2D eigenvalue weighted by Gasteiger charge is 2.10. The van der Waals surface area contributed by atoms with E-state index in [-0.39, 0.29) is 0 Å². The lowest BCUT2D eigenvalue weighted by molar-refractivity contribution is 0.661. The summed E-state index contributed by atoms with van der Waals surface area (Å²) in [5, 5.41) is 2.25. The van der Waals surface area contributed by atoms with Gasteiger partial charge < -0.3 is 0 Å². The summed E-state index contributed by atoms with van der Waals surface area (Å²) in [6.07, 6.45) is 10.2. The molecule has 0 aliphatic heterocycles. The van der Waals surface area contributed by atoms with Crippen molar-refractivity contribution in [1.29, 1.82) is 0 Å². The fourth-order valence-corrected chi connectivity index (χ4v) is 4.60. The molecule has 0 atom stereocenters. The molecular weight excluding hydrogens is 300 g/mol. The second-order valence-corrected chi connectivity index (χ2v) is 13.0. The molecule has 0 aromatic heterocycles. The zero-order valence-corrected chi connectivity index (χ0v) is 16.6. The average Bonchev–Trinajstić information content (AvgIpc) is 2.47. The standard InChI is InChI=1S/C20H32SSi/c1-5-6-7-9-13-19(18-22(2,3)4)14-12-17-21-20-15-10-8-11-16-20/h8,10-12,15-18H,5-7,9,13-14H2,1-4H3/b17-12+,19-18+. The molecule has 0 saturated heterocycles. The van der Waals surface area contributed by atoms with Gasteiger partial charge in [0, 0.05) is 4.90 Å².